The van der Waals surface area contributed by atoms with Crippen LogP contribution in [0.2, 0.25) is 110 Å². The molecule has 0 aromatic rings. The average Bonchev–Trinajstić information content (AvgIpc) is 3.46. The van der Waals surface area contributed by atoms with Gasteiger partial charge in [0.05, 0.1) is 24.2 Å². The van der Waals surface area contributed by atoms with Gasteiger partial charge in [-0.15, -0.1) is 0 Å². The molecule has 19 nitrogen and oxygen atoms in total. The van der Waals surface area contributed by atoms with Crippen molar-refractivity contribution in [2.75, 3.05) is 128 Å². The van der Waals surface area contributed by atoms with E-state index in [4.69, 9.17) is 79.7 Å². The monoisotopic (exact) mass is 1300 g/mol. The van der Waals surface area contributed by atoms with Gasteiger partial charge in [0.15, 0.2) is 0 Å². The van der Waals surface area contributed by atoms with E-state index in [1.807, 2.05) is 6.92 Å². The number of ketones is 1. The van der Waals surface area contributed by atoms with E-state index < -0.39 is 77.0 Å². The van der Waals surface area contributed by atoms with E-state index in [9.17, 15) is 4.79 Å². The average molecular weight is 1300 g/mol. The van der Waals surface area contributed by atoms with Gasteiger partial charge < -0.3 is 84.5 Å². The molecule has 480 valence electrons. The fourth-order valence-electron chi connectivity index (χ4n) is 12.7. The lowest BCUT2D eigenvalue weighted by Crippen LogP contribution is -2.44. The smallest absolute Gasteiger partial charge is 0.377 e. The summed E-state index contributed by atoms with van der Waals surface area (Å²) in [6.07, 6.45) is 12.6. The molecule has 0 aromatic carbocycles. The Morgan fingerprint density at radius 2 is 0.388 bits per heavy atom. The lowest BCUT2D eigenvalue weighted by atomic mass is 9.72. The van der Waals surface area contributed by atoms with Crippen molar-refractivity contribution in [1.82, 2.24) is 0 Å². The topological polar surface area (TPSA) is 183 Å². The lowest BCUT2D eigenvalue weighted by Gasteiger charge is -2.38. The van der Waals surface area contributed by atoms with Crippen LogP contribution >= 0.6 is 0 Å². The SMILES string of the molecule is CO[Si](CCC[Si](C)(CCCC(CCC[Si](C)(CCC[Si](OC)(OC)OC)CCC[Si](OC)(OC)OC)(CCC[Si](C)(CCC[Si](OC)(OC)OC)CCC[Si](OC)(OC)OC)CC(C)=O)CCC[Si](OC)(OC)OC)(OC)OC. The van der Waals surface area contributed by atoms with Gasteiger partial charge in [-0.05, 0) is 31.6 Å². The van der Waals surface area contributed by atoms with Crippen LogP contribution in [0.5, 0.6) is 0 Å². The number of hydrogen-bond donors (Lipinski definition) is 0. The zero-order valence-corrected chi connectivity index (χ0v) is 64.1. The van der Waals surface area contributed by atoms with Crippen molar-refractivity contribution < 1.29 is 84.5 Å². The first-order chi connectivity index (χ1) is 37.9. The summed E-state index contributed by atoms with van der Waals surface area (Å²) in [5.74, 6) is 0.269. The summed E-state index contributed by atoms with van der Waals surface area (Å²) in [5, 5.41) is 0. The van der Waals surface area contributed by atoms with E-state index in [-0.39, 0.29) is 11.2 Å². The number of carbonyl (C=O) groups excluding carboxylic acids is 1. The molecule has 0 N–H and O–H groups in total. The van der Waals surface area contributed by atoms with Gasteiger partial charge in [0.1, 0.15) is 5.78 Å². The van der Waals surface area contributed by atoms with Crippen molar-refractivity contribution in [3.8, 4) is 0 Å². The molecule has 0 aromatic heterocycles. The van der Waals surface area contributed by atoms with Gasteiger partial charge in [0, 0.05) is 171 Å². The molecule has 0 atom stereocenters. The van der Waals surface area contributed by atoms with Gasteiger partial charge in [-0.2, -0.15) is 0 Å². The van der Waals surface area contributed by atoms with Crippen molar-refractivity contribution >= 4 is 82.8 Å². The maximum absolute atomic E-state index is 13.9. The summed E-state index contributed by atoms with van der Waals surface area (Å²) >= 11 is 0. The van der Waals surface area contributed by atoms with Crippen LogP contribution in [0.1, 0.15) is 90.4 Å². The maximum Gasteiger partial charge on any atom is 0.500 e. The van der Waals surface area contributed by atoms with Gasteiger partial charge in [-0.25, -0.2) is 0 Å². The van der Waals surface area contributed by atoms with Crippen molar-refractivity contribution in [1.29, 1.82) is 0 Å². The predicted molar refractivity (Wildman–Crippen MR) is 341 cm³/mol. The minimum Gasteiger partial charge on any atom is -0.377 e. The molecular formula is C52H122O19Si9. The molecular weight excluding hydrogens is 1180 g/mol. The van der Waals surface area contributed by atoms with Crippen LogP contribution in [0.15, 0.2) is 0 Å². The fourth-order valence-corrected chi connectivity index (χ4v) is 36.7. The minimum absolute atomic E-state index is 0.150. The number of hydrogen-bond acceptors (Lipinski definition) is 19. The molecule has 0 amide bonds. The molecule has 28 heteroatoms. The first-order valence-electron chi connectivity index (χ1n) is 29.3. The number of carbonyl (C=O) groups is 1. The van der Waals surface area contributed by atoms with Crippen molar-refractivity contribution in [3.63, 3.8) is 0 Å². The number of rotatable bonds is 56. The Hall–Kier alpha value is 0.902. The molecule has 0 aliphatic carbocycles. The van der Waals surface area contributed by atoms with Gasteiger partial charge in [0.25, 0.3) is 0 Å². The summed E-state index contributed by atoms with van der Waals surface area (Å²) in [6, 6.07) is 14.7. The van der Waals surface area contributed by atoms with Gasteiger partial charge in [-0.3, -0.25) is 0 Å². The molecule has 0 rings (SSSR count). The Morgan fingerprint density at radius 3 is 0.512 bits per heavy atom. The molecule has 0 unspecified atom stereocenters. The highest BCUT2D eigenvalue weighted by Crippen LogP contribution is 2.45. The summed E-state index contributed by atoms with van der Waals surface area (Å²) in [6.45, 7) is 9.53. The van der Waals surface area contributed by atoms with Crippen LogP contribution in [0.3, 0.4) is 0 Å². The summed E-state index contributed by atoms with van der Waals surface area (Å²) in [5.41, 5.74) is -0.150. The summed E-state index contributed by atoms with van der Waals surface area (Å²) in [4.78, 5) is 13.9. The third kappa shape index (κ3) is 27.5. The van der Waals surface area contributed by atoms with E-state index in [1.165, 1.54) is 0 Å². The van der Waals surface area contributed by atoms with Gasteiger partial charge >= 0.3 is 52.8 Å². The highest BCUT2D eigenvalue weighted by molar-refractivity contribution is 6.80. The second-order valence-electron chi connectivity index (χ2n) is 23.3. The van der Waals surface area contributed by atoms with E-state index in [0.29, 0.717) is 6.42 Å². The van der Waals surface area contributed by atoms with Crippen molar-refractivity contribution in [3.05, 3.63) is 0 Å². The number of Topliss-reactive ketones (excluding diaryl/α,β-unsaturated/α-hetero) is 1. The Morgan fingerprint density at radius 1 is 0.250 bits per heavy atom. The Labute approximate surface area is 498 Å². The lowest BCUT2D eigenvalue weighted by molar-refractivity contribution is -0.119. The first-order valence-corrected chi connectivity index (χ1v) is 50.3. The van der Waals surface area contributed by atoms with E-state index in [0.717, 1.165) is 168 Å². The van der Waals surface area contributed by atoms with Crippen LogP contribution in [-0.4, -0.2) is 211 Å². The summed E-state index contributed by atoms with van der Waals surface area (Å²) < 4.78 is 106. The third-order valence-corrected chi connectivity index (χ3v) is 49.3. The second-order valence-corrected chi connectivity index (χ2v) is 57.2. The highest BCUT2D eigenvalue weighted by Gasteiger charge is 2.45. The zero-order valence-electron chi connectivity index (χ0n) is 55.1. The van der Waals surface area contributed by atoms with Crippen LogP contribution in [0, 0.1) is 5.41 Å². The molecule has 0 saturated heterocycles. The Kier molecular flexibility index (Phi) is 41.6. The van der Waals surface area contributed by atoms with Gasteiger partial charge in [-0.1, -0.05) is 132 Å². The van der Waals surface area contributed by atoms with Crippen LogP contribution in [0.25, 0.3) is 0 Å². The fraction of sp³-hybridized carbons (Fsp3) is 0.981. The van der Waals surface area contributed by atoms with E-state index >= 15 is 0 Å². The minimum atomic E-state index is -2.76. The molecule has 0 fully saturated rings. The molecule has 80 heavy (non-hydrogen) atoms. The molecule has 0 aliphatic heterocycles. The van der Waals surface area contributed by atoms with E-state index in [2.05, 4.69) is 19.6 Å². The Balaban J connectivity index is 7.53. The normalized spacial score (nSPS) is 14.0. The van der Waals surface area contributed by atoms with Crippen LogP contribution in [0.4, 0.5) is 0 Å². The van der Waals surface area contributed by atoms with Gasteiger partial charge in [0.2, 0.25) is 0 Å². The summed E-state index contributed by atoms with van der Waals surface area (Å²) in [7, 11) is 8.24. The molecule has 0 aliphatic rings. The largest absolute Gasteiger partial charge is 0.500 e. The second kappa shape index (κ2) is 41.2. The Bertz CT molecular complexity index is 1280. The first kappa shape index (κ1) is 80.9. The quantitative estimate of drug-likeness (QED) is 0.0524. The molecule has 0 bridgehead atoms. The standard InChI is InChI=1S/C52H122O19Si9/c1-51(53)50-52(32-23-35-72(20,38-26-44-75(54-2,55-3)56-4)39-27-45-76(57-5,58-6)59-7,33-24-36-73(21,40-28-46-77(60-8,61-9)62-10)41-29-47-78(63-11,64-12)65-13)34-25-37-74(22,42-30-48-79(66-14,67-15)68-16)43-31-49-80(69-17,70-18)71-19/h23-50H2,1-22H3. The van der Waals surface area contributed by atoms with E-state index in [1.54, 1.807) is 128 Å². The van der Waals surface area contributed by atoms with Crippen LogP contribution < -0.4 is 0 Å². The molecule has 0 spiro atoms. The van der Waals surface area contributed by atoms with Crippen LogP contribution in [-0.2, 0) is 84.5 Å². The molecule has 0 saturated carbocycles. The maximum atomic E-state index is 13.9. The molecule has 0 heterocycles. The highest BCUT2D eigenvalue weighted by atomic mass is 28.4. The van der Waals surface area contributed by atoms with Crippen molar-refractivity contribution in [2.45, 2.75) is 201 Å². The van der Waals surface area contributed by atoms with Crippen molar-refractivity contribution in [2.24, 2.45) is 5.41 Å². The zero-order chi connectivity index (χ0) is 61.1. The third-order valence-electron chi connectivity index (χ3n) is 18.3. The predicted octanol–water partition coefficient (Wildman–Crippen LogP) is 12.1. The molecule has 0 radical (unpaired) electrons.